The summed E-state index contributed by atoms with van der Waals surface area (Å²) in [5.41, 5.74) is 1.33. The smallest absolute Gasteiger partial charge is 0.243 e. The second-order valence-electron chi connectivity index (χ2n) is 9.11. The zero-order chi connectivity index (χ0) is 20.6. The van der Waals surface area contributed by atoms with E-state index >= 15 is 0 Å². The second kappa shape index (κ2) is 10.8. The molecule has 1 saturated heterocycles. The van der Waals surface area contributed by atoms with E-state index in [1.807, 2.05) is 19.9 Å². The van der Waals surface area contributed by atoms with Crippen LogP contribution in [0, 0.1) is 11.8 Å². The van der Waals surface area contributed by atoms with Gasteiger partial charge in [-0.1, -0.05) is 63.4 Å². The van der Waals surface area contributed by atoms with E-state index in [1.54, 1.807) is 0 Å². The summed E-state index contributed by atoms with van der Waals surface area (Å²) < 4.78 is 0. The van der Waals surface area contributed by atoms with Crippen molar-refractivity contribution >= 4 is 11.8 Å². The topological polar surface area (TPSA) is 61.4 Å². The molecule has 29 heavy (non-hydrogen) atoms. The summed E-state index contributed by atoms with van der Waals surface area (Å²) in [6.45, 7) is 6.95. The van der Waals surface area contributed by atoms with Gasteiger partial charge in [-0.05, 0) is 37.2 Å². The Bertz CT molecular complexity index is 647. The molecular weight excluding hydrogens is 362 g/mol. The molecule has 1 aliphatic heterocycles. The van der Waals surface area contributed by atoms with Gasteiger partial charge in [-0.3, -0.25) is 14.5 Å². The van der Waals surface area contributed by atoms with Crippen LogP contribution < -0.4 is 10.6 Å². The third-order valence-electron chi connectivity index (χ3n) is 6.41. The van der Waals surface area contributed by atoms with Gasteiger partial charge < -0.3 is 10.6 Å². The van der Waals surface area contributed by atoms with E-state index in [-0.39, 0.29) is 29.7 Å². The predicted molar refractivity (Wildman–Crippen MR) is 116 cm³/mol. The summed E-state index contributed by atoms with van der Waals surface area (Å²) in [4.78, 5) is 28.0. The third kappa shape index (κ3) is 6.56. The van der Waals surface area contributed by atoms with Crippen molar-refractivity contribution in [2.24, 2.45) is 11.8 Å². The third-order valence-corrected chi connectivity index (χ3v) is 6.41. The minimum atomic E-state index is -0.438. The monoisotopic (exact) mass is 399 g/mol. The number of rotatable bonds is 7. The van der Waals surface area contributed by atoms with Crippen LogP contribution in [-0.4, -0.2) is 41.9 Å². The van der Waals surface area contributed by atoms with Crippen LogP contribution in [0.3, 0.4) is 0 Å². The molecule has 160 valence electrons. The number of carbonyl (C=O) groups excluding carboxylic acids is 2. The standard InChI is InChI=1S/C24H37N3O2/c1-18(2)22(26-23(28)20-11-7-4-8-12-20)24(29)25-21-13-15-27(16-14-21)17-19-9-5-3-6-10-19/h3,5-6,9-10,18,20-22H,4,7-8,11-17H2,1-2H3,(H,25,29)(H,26,28)/t22-/m0/s1. The van der Waals surface area contributed by atoms with Gasteiger partial charge in [0.25, 0.3) is 0 Å². The fourth-order valence-corrected chi connectivity index (χ4v) is 4.54. The Morgan fingerprint density at radius 1 is 1.00 bits per heavy atom. The van der Waals surface area contributed by atoms with Crippen LogP contribution in [0.2, 0.25) is 0 Å². The molecule has 3 rings (SSSR count). The quantitative estimate of drug-likeness (QED) is 0.738. The molecule has 1 aromatic carbocycles. The van der Waals surface area contributed by atoms with Crippen molar-refractivity contribution in [1.29, 1.82) is 0 Å². The molecule has 0 aromatic heterocycles. The number of hydrogen-bond acceptors (Lipinski definition) is 3. The number of nitrogens with zero attached hydrogens (tertiary/aromatic N) is 1. The first-order valence-corrected chi connectivity index (χ1v) is 11.4. The van der Waals surface area contributed by atoms with Gasteiger partial charge >= 0.3 is 0 Å². The maximum atomic E-state index is 12.9. The molecule has 2 N–H and O–H groups in total. The van der Waals surface area contributed by atoms with E-state index in [0.717, 1.165) is 58.2 Å². The van der Waals surface area contributed by atoms with Crippen LogP contribution in [0.1, 0.15) is 64.4 Å². The minimum absolute atomic E-state index is 0.0225. The lowest BCUT2D eigenvalue weighted by Gasteiger charge is -2.34. The Labute approximate surface area is 175 Å². The summed E-state index contributed by atoms with van der Waals surface area (Å²) in [6, 6.07) is 10.3. The van der Waals surface area contributed by atoms with Crippen molar-refractivity contribution in [2.75, 3.05) is 13.1 Å². The molecule has 0 radical (unpaired) electrons. The molecule has 0 spiro atoms. The Kier molecular flexibility index (Phi) is 8.10. The zero-order valence-electron chi connectivity index (χ0n) is 18.0. The molecular formula is C24H37N3O2. The van der Waals surface area contributed by atoms with Crippen molar-refractivity contribution < 1.29 is 9.59 Å². The number of likely N-dealkylation sites (tertiary alicyclic amines) is 1. The summed E-state index contributed by atoms with van der Waals surface area (Å²) in [7, 11) is 0. The number of amides is 2. The number of hydrogen-bond donors (Lipinski definition) is 2. The summed E-state index contributed by atoms with van der Waals surface area (Å²) in [5.74, 6) is 0.210. The van der Waals surface area contributed by atoms with Gasteiger partial charge in [-0.2, -0.15) is 0 Å². The summed E-state index contributed by atoms with van der Waals surface area (Å²) in [6.07, 6.45) is 7.30. The van der Waals surface area contributed by atoms with E-state index in [2.05, 4.69) is 39.8 Å². The van der Waals surface area contributed by atoms with Gasteiger partial charge in [0.15, 0.2) is 0 Å². The Morgan fingerprint density at radius 3 is 2.28 bits per heavy atom. The van der Waals surface area contributed by atoms with Gasteiger partial charge in [0.1, 0.15) is 6.04 Å². The Balaban J connectivity index is 1.45. The van der Waals surface area contributed by atoms with Crippen LogP contribution in [0.25, 0.3) is 0 Å². The van der Waals surface area contributed by atoms with E-state index in [0.29, 0.717) is 0 Å². The van der Waals surface area contributed by atoms with Crippen molar-refractivity contribution in [3.8, 4) is 0 Å². The van der Waals surface area contributed by atoms with Crippen LogP contribution >= 0.6 is 0 Å². The molecule has 2 fully saturated rings. The number of carbonyl (C=O) groups is 2. The van der Waals surface area contributed by atoms with Gasteiger partial charge in [0.05, 0.1) is 0 Å². The highest BCUT2D eigenvalue weighted by atomic mass is 16.2. The fraction of sp³-hybridized carbons (Fsp3) is 0.667. The second-order valence-corrected chi connectivity index (χ2v) is 9.11. The molecule has 5 nitrogen and oxygen atoms in total. The summed E-state index contributed by atoms with van der Waals surface area (Å²) >= 11 is 0. The van der Waals surface area contributed by atoms with Crippen molar-refractivity contribution in [3.05, 3.63) is 35.9 Å². The zero-order valence-corrected chi connectivity index (χ0v) is 18.0. The molecule has 0 bridgehead atoms. The molecule has 2 aliphatic rings. The Hall–Kier alpha value is -1.88. The first-order chi connectivity index (χ1) is 14.0. The predicted octanol–water partition coefficient (Wildman–Crippen LogP) is 3.49. The van der Waals surface area contributed by atoms with Gasteiger partial charge in [-0.15, -0.1) is 0 Å². The van der Waals surface area contributed by atoms with Gasteiger partial charge in [-0.25, -0.2) is 0 Å². The molecule has 1 atom stereocenters. The van der Waals surface area contributed by atoms with Crippen molar-refractivity contribution in [1.82, 2.24) is 15.5 Å². The molecule has 2 amide bonds. The number of piperidine rings is 1. The average Bonchev–Trinajstić information content (AvgIpc) is 2.74. The lowest BCUT2D eigenvalue weighted by Crippen LogP contribution is -2.54. The van der Waals surface area contributed by atoms with Gasteiger partial charge in [0.2, 0.25) is 11.8 Å². The van der Waals surface area contributed by atoms with Crippen LogP contribution in [0.4, 0.5) is 0 Å². The van der Waals surface area contributed by atoms with Crippen LogP contribution in [0.5, 0.6) is 0 Å². The molecule has 1 aliphatic carbocycles. The highest BCUT2D eigenvalue weighted by molar-refractivity contribution is 5.88. The molecule has 0 unspecified atom stereocenters. The maximum absolute atomic E-state index is 12.9. The van der Waals surface area contributed by atoms with Crippen LogP contribution in [-0.2, 0) is 16.1 Å². The Morgan fingerprint density at radius 2 is 1.66 bits per heavy atom. The lowest BCUT2D eigenvalue weighted by molar-refractivity contribution is -0.133. The number of nitrogens with one attached hydrogen (secondary N) is 2. The minimum Gasteiger partial charge on any atom is -0.351 e. The number of benzene rings is 1. The maximum Gasteiger partial charge on any atom is 0.243 e. The van der Waals surface area contributed by atoms with E-state index in [9.17, 15) is 9.59 Å². The van der Waals surface area contributed by atoms with E-state index < -0.39 is 6.04 Å². The van der Waals surface area contributed by atoms with Gasteiger partial charge in [0, 0.05) is 31.6 Å². The molecule has 1 heterocycles. The van der Waals surface area contributed by atoms with Crippen molar-refractivity contribution in [3.63, 3.8) is 0 Å². The lowest BCUT2D eigenvalue weighted by atomic mass is 9.88. The first kappa shape index (κ1) is 21.8. The highest BCUT2D eigenvalue weighted by Crippen LogP contribution is 2.24. The highest BCUT2D eigenvalue weighted by Gasteiger charge is 2.30. The van der Waals surface area contributed by atoms with E-state index in [4.69, 9.17) is 0 Å². The summed E-state index contributed by atoms with van der Waals surface area (Å²) in [5, 5.41) is 6.27. The van der Waals surface area contributed by atoms with Crippen molar-refractivity contribution in [2.45, 2.75) is 77.4 Å². The normalized spacial score (nSPS) is 20.4. The molecule has 5 heteroatoms. The first-order valence-electron chi connectivity index (χ1n) is 11.4. The SMILES string of the molecule is CC(C)[C@H](NC(=O)C1CCCCC1)C(=O)NC1CCN(Cc2ccccc2)CC1. The fourth-order valence-electron chi connectivity index (χ4n) is 4.54. The van der Waals surface area contributed by atoms with Crippen LogP contribution in [0.15, 0.2) is 30.3 Å². The largest absolute Gasteiger partial charge is 0.351 e. The molecule has 1 aromatic rings. The molecule has 1 saturated carbocycles. The van der Waals surface area contributed by atoms with E-state index in [1.165, 1.54) is 12.0 Å². The average molecular weight is 400 g/mol.